The molecule has 0 spiro atoms. The zero-order chi connectivity index (χ0) is 13.3. The van der Waals surface area contributed by atoms with Gasteiger partial charge in [0.15, 0.2) is 0 Å². The smallest absolute Gasteiger partial charge is 0.251 e. The van der Waals surface area contributed by atoms with Gasteiger partial charge < -0.3 is 16.6 Å². The minimum atomic E-state index is -0.532. The lowest BCUT2D eigenvalue weighted by Gasteiger charge is -2.00. The molecule has 0 aliphatic rings. The summed E-state index contributed by atoms with van der Waals surface area (Å²) in [7, 11) is 0. The first-order chi connectivity index (χ1) is 8.49. The van der Waals surface area contributed by atoms with Crippen LogP contribution in [0.3, 0.4) is 0 Å². The summed E-state index contributed by atoms with van der Waals surface area (Å²) in [6.45, 7) is 3.45. The van der Waals surface area contributed by atoms with Gasteiger partial charge in [-0.1, -0.05) is 30.8 Å². The molecule has 1 aromatic carbocycles. The van der Waals surface area contributed by atoms with Gasteiger partial charge in [0.05, 0.1) is 10.6 Å². The van der Waals surface area contributed by atoms with Gasteiger partial charge >= 0.3 is 0 Å². The van der Waals surface area contributed by atoms with Crippen molar-refractivity contribution in [2.75, 3.05) is 5.73 Å². The standard InChI is InChI=1S/C13H12N2O2S/c1-7(16)8-2-4-9(5-3-8)11-6-10(12(14)17)13(15)18-11/h2-6,16H,1,15H2,(H2,14,17). The Morgan fingerprint density at radius 1 is 1.28 bits per heavy atom. The lowest BCUT2D eigenvalue weighted by Crippen LogP contribution is -2.11. The molecule has 1 amide bonds. The Morgan fingerprint density at radius 3 is 2.33 bits per heavy atom. The van der Waals surface area contributed by atoms with Crippen molar-refractivity contribution < 1.29 is 9.90 Å². The molecular weight excluding hydrogens is 248 g/mol. The number of aliphatic hydroxyl groups is 1. The highest BCUT2D eigenvalue weighted by Gasteiger charge is 2.12. The number of amides is 1. The molecule has 0 radical (unpaired) electrons. The molecule has 0 atom stereocenters. The molecule has 1 heterocycles. The first-order valence-electron chi connectivity index (χ1n) is 5.17. The normalized spacial score (nSPS) is 10.2. The van der Waals surface area contributed by atoms with Crippen LogP contribution in [-0.4, -0.2) is 11.0 Å². The van der Waals surface area contributed by atoms with Gasteiger partial charge in [-0.15, -0.1) is 11.3 Å². The Labute approximate surface area is 108 Å². The molecule has 92 valence electrons. The van der Waals surface area contributed by atoms with Crippen molar-refractivity contribution in [3.63, 3.8) is 0 Å². The topological polar surface area (TPSA) is 89.3 Å². The molecule has 4 nitrogen and oxygen atoms in total. The molecule has 18 heavy (non-hydrogen) atoms. The number of aliphatic hydroxyl groups excluding tert-OH is 1. The summed E-state index contributed by atoms with van der Waals surface area (Å²) in [6.07, 6.45) is 0. The van der Waals surface area contributed by atoms with Crippen LogP contribution in [0.25, 0.3) is 16.2 Å². The fourth-order valence-electron chi connectivity index (χ4n) is 1.57. The second-order valence-electron chi connectivity index (χ2n) is 3.78. The van der Waals surface area contributed by atoms with E-state index in [4.69, 9.17) is 11.5 Å². The summed E-state index contributed by atoms with van der Waals surface area (Å²) in [5, 5.41) is 9.64. The van der Waals surface area contributed by atoms with E-state index in [9.17, 15) is 9.90 Å². The average molecular weight is 260 g/mol. The number of nitrogens with two attached hydrogens (primary N) is 2. The maximum atomic E-state index is 11.1. The average Bonchev–Trinajstić information content (AvgIpc) is 2.71. The van der Waals surface area contributed by atoms with Crippen molar-refractivity contribution in [1.29, 1.82) is 0 Å². The van der Waals surface area contributed by atoms with Crippen LogP contribution < -0.4 is 11.5 Å². The number of carbonyl (C=O) groups is 1. The predicted octanol–water partition coefficient (Wildman–Crippen LogP) is 2.62. The van der Waals surface area contributed by atoms with Gasteiger partial charge in [0.2, 0.25) is 0 Å². The maximum Gasteiger partial charge on any atom is 0.251 e. The summed E-state index contributed by atoms with van der Waals surface area (Å²) >= 11 is 1.30. The van der Waals surface area contributed by atoms with E-state index >= 15 is 0 Å². The number of benzene rings is 1. The lowest BCUT2D eigenvalue weighted by atomic mass is 10.1. The first-order valence-corrected chi connectivity index (χ1v) is 5.98. The SMILES string of the molecule is C=C(O)c1ccc(-c2cc(C(N)=O)c(N)s2)cc1. The number of hydrogen-bond acceptors (Lipinski definition) is 4. The Kier molecular flexibility index (Phi) is 3.08. The second kappa shape index (κ2) is 4.54. The van der Waals surface area contributed by atoms with E-state index < -0.39 is 5.91 Å². The highest BCUT2D eigenvalue weighted by atomic mass is 32.1. The van der Waals surface area contributed by atoms with Gasteiger partial charge in [0.25, 0.3) is 5.91 Å². The molecule has 0 saturated carbocycles. The molecule has 5 N–H and O–H groups in total. The molecule has 2 rings (SSSR count). The maximum absolute atomic E-state index is 11.1. The number of carbonyl (C=O) groups excluding carboxylic acids is 1. The van der Waals surface area contributed by atoms with Gasteiger partial charge in [0, 0.05) is 10.4 Å². The van der Waals surface area contributed by atoms with Crippen LogP contribution >= 0.6 is 11.3 Å². The van der Waals surface area contributed by atoms with Crippen LogP contribution in [0.15, 0.2) is 36.9 Å². The van der Waals surface area contributed by atoms with Crippen LogP contribution in [0.4, 0.5) is 5.00 Å². The van der Waals surface area contributed by atoms with E-state index in [1.165, 1.54) is 11.3 Å². The number of anilines is 1. The highest BCUT2D eigenvalue weighted by molar-refractivity contribution is 7.19. The van der Waals surface area contributed by atoms with Crippen molar-refractivity contribution in [2.45, 2.75) is 0 Å². The summed E-state index contributed by atoms with van der Waals surface area (Å²) in [4.78, 5) is 12.0. The molecule has 5 heteroatoms. The Morgan fingerprint density at radius 2 is 1.89 bits per heavy atom. The van der Waals surface area contributed by atoms with E-state index in [-0.39, 0.29) is 5.76 Å². The number of thiophene rings is 1. The molecule has 0 aliphatic heterocycles. The van der Waals surface area contributed by atoms with Crippen LogP contribution in [0, 0.1) is 0 Å². The van der Waals surface area contributed by atoms with Crippen LogP contribution in [0.5, 0.6) is 0 Å². The Bertz CT molecular complexity index is 614. The van der Waals surface area contributed by atoms with E-state index in [1.807, 2.05) is 12.1 Å². The summed E-state index contributed by atoms with van der Waals surface area (Å²) in [5.41, 5.74) is 12.8. The van der Waals surface area contributed by atoms with Crippen molar-refractivity contribution in [2.24, 2.45) is 5.73 Å². The first kappa shape index (κ1) is 12.2. The fourth-order valence-corrected chi connectivity index (χ4v) is 2.50. The second-order valence-corrected chi connectivity index (χ2v) is 4.86. The van der Waals surface area contributed by atoms with Gasteiger partial charge in [0.1, 0.15) is 5.76 Å². The molecule has 2 aromatic rings. The molecule has 0 aliphatic carbocycles. The van der Waals surface area contributed by atoms with Gasteiger partial charge in [-0.2, -0.15) is 0 Å². The molecule has 0 saturated heterocycles. The zero-order valence-corrected chi connectivity index (χ0v) is 10.3. The van der Waals surface area contributed by atoms with E-state index in [1.54, 1.807) is 18.2 Å². The fraction of sp³-hybridized carbons (Fsp3) is 0. The monoisotopic (exact) mass is 260 g/mol. The molecule has 0 fully saturated rings. The van der Waals surface area contributed by atoms with Crippen molar-refractivity contribution in [3.8, 4) is 10.4 Å². The van der Waals surface area contributed by atoms with Crippen LogP contribution in [-0.2, 0) is 0 Å². The molecule has 1 aromatic heterocycles. The van der Waals surface area contributed by atoms with Gasteiger partial charge in [-0.3, -0.25) is 4.79 Å². The van der Waals surface area contributed by atoms with E-state index in [2.05, 4.69) is 6.58 Å². The largest absolute Gasteiger partial charge is 0.508 e. The third kappa shape index (κ3) is 2.21. The third-order valence-electron chi connectivity index (χ3n) is 2.53. The van der Waals surface area contributed by atoms with E-state index in [0.717, 1.165) is 10.4 Å². The van der Waals surface area contributed by atoms with Crippen LogP contribution in [0.2, 0.25) is 0 Å². The van der Waals surface area contributed by atoms with Gasteiger partial charge in [-0.25, -0.2) is 0 Å². The highest BCUT2D eigenvalue weighted by Crippen LogP contribution is 2.33. The molecule has 0 unspecified atom stereocenters. The minimum Gasteiger partial charge on any atom is -0.508 e. The summed E-state index contributed by atoms with van der Waals surface area (Å²) in [5.74, 6) is -0.513. The summed E-state index contributed by atoms with van der Waals surface area (Å²) < 4.78 is 0. The lowest BCUT2D eigenvalue weighted by molar-refractivity contribution is 0.100. The minimum absolute atomic E-state index is 0.0186. The number of nitrogen functional groups attached to an aromatic ring is 1. The van der Waals surface area contributed by atoms with Crippen LogP contribution in [0.1, 0.15) is 15.9 Å². The Balaban J connectivity index is 2.40. The van der Waals surface area contributed by atoms with Crippen molar-refractivity contribution in [3.05, 3.63) is 48.0 Å². The number of primary amides is 1. The molecular formula is C13H12N2O2S. The predicted molar refractivity (Wildman–Crippen MR) is 74.3 cm³/mol. The summed E-state index contributed by atoms with van der Waals surface area (Å²) in [6, 6.07) is 8.82. The third-order valence-corrected chi connectivity index (χ3v) is 3.54. The zero-order valence-electron chi connectivity index (χ0n) is 9.51. The quantitative estimate of drug-likeness (QED) is 0.741. The van der Waals surface area contributed by atoms with Gasteiger partial charge in [-0.05, 0) is 11.6 Å². The Hall–Kier alpha value is -2.27. The molecule has 0 bridgehead atoms. The van der Waals surface area contributed by atoms with E-state index in [0.29, 0.717) is 16.1 Å². The van der Waals surface area contributed by atoms with Crippen molar-refractivity contribution in [1.82, 2.24) is 0 Å². The van der Waals surface area contributed by atoms with Crippen molar-refractivity contribution >= 4 is 28.0 Å². The number of hydrogen-bond donors (Lipinski definition) is 3. The number of rotatable bonds is 3.